The van der Waals surface area contributed by atoms with Crippen molar-refractivity contribution in [1.29, 1.82) is 0 Å². The quantitative estimate of drug-likeness (QED) is 0.179. The first kappa shape index (κ1) is 27.8. The van der Waals surface area contributed by atoms with Gasteiger partial charge in [0.05, 0.1) is 17.3 Å². The molecule has 2 aliphatic heterocycles. The highest BCUT2D eigenvalue weighted by molar-refractivity contribution is 7.85. The Balaban J connectivity index is 1.12. The first-order chi connectivity index (χ1) is 23.2. The van der Waals surface area contributed by atoms with Gasteiger partial charge in [-0.25, -0.2) is 4.99 Å². The van der Waals surface area contributed by atoms with E-state index in [0.29, 0.717) is 0 Å². The van der Waals surface area contributed by atoms with Crippen LogP contribution in [0.3, 0.4) is 0 Å². The minimum Gasteiger partial charge on any atom is -0.483 e. The van der Waals surface area contributed by atoms with E-state index in [2.05, 4.69) is 91.0 Å². The third-order valence-corrected chi connectivity index (χ3v) is 12.6. The molecule has 2 aliphatic rings. The van der Waals surface area contributed by atoms with Gasteiger partial charge in [-0.1, -0.05) is 152 Å². The minimum absolute atomic E-state index is 0.0567. The van der Waals surface area contributed by atoms with Gasteiger partial charge in [0.25, 0.3) is 0 Å². The summed E-state index contributed by atoms with van der Waals surface area (Å²) in [7, 11) is -3.08. The van der Waals surface area contributed by atoms with Crippen LogP contribution in [0, 0.1) is 0 Å². The van der Waals surface area contributed by atoms with E-state index in [1.54, 1.807) is 0 Å². The van der Waals surface area contributed by atoms with E-state index in [9.17, 15) is 0 Å². The highest BCUT2D eigenvalue weighted by atomic mass is 31.2. The number of fused-ring (bicyclic) bond motifs is 7. The van der Waals surface area contributed by atoms with Gasteiger partial charge in [0.1, 0.15) is 5.75 Å². The Bertz CT molecular complexity index is 2320. The molecular formula is C43H30NO2P. The summed E-state index contributed by atoms with van der Waals surface area (Å²) in [6, 6.07) is 57.6. The molecule has 3 nitrogen and oxygen atoms in total. The van der Waals surface area contributed by atoms with Crippen molar-refractivity contribution in [2.45, 2.75) is 12.0 Å². The first-order valence-corrected chi connectivity index (χ1v) is 17.7. The van der Waals surface area contributed by atoms with Crippen LogP contribution in [0.2, 0.25) is 0 Å². The maximum Gasteiger partial charge on any atom is 0.171 e. The van der Waals surface area contributed by atoms with E-state index < -0.39 is 7.14 Å². The number of rotatable bonds is 5. The van der Waals surface area contributed by atoms with Crippen LogP contribution in [0.4, 0.5) is 5.69 Å². The van der Waals surface area contributed by atoms with Gasteiger partial charge in [0, 0.05) is 21.5 Å². The van der Waals surface area contributed by atoms with Crippen LogP contribution in [0.1, 0.15) is 22.6 Å². The number of para-hydroxylation sites is 1. The SMILES string of the molecule is O=P(c1ccccc1)(c1ccccc1)c1cccc(-c2ccc(C3=Nc4ccc5ccccc5c4C4c5ccccc5OC34)cc2)c1. The normalized spacial score (nSPS) is 16.5. The van der Waals surface area contributed by atoms with Crippen molar-refractivity contribution in [2.75, 3.05) is 0 Å². The first-order valence-electron chi connectivity index (χ1n) is 16.0. The topological polar surface area (TPSA) is 38.7 Å². The van der Waals surface area contributed by atoms with Crippen molar-refractivity contribution < 1.29 is 9.30 Å². The summed E-state index contributed by atoms with van der Waals surface area (Å²) in [5.41, 5.74) is 7.48. The summed E-state index contributed by atoms with van der Waals surface area (Å²) < 4.78 is 21.7. The van der Waals surface area contributed by atoms with E-state index in [1.807, 2.05) is 78.9 Å². The molecule has 0 N–H and O–H groups in total. The summed E-state index contributed by atoms with van der Waals surface area (Å²) in [6.07, 6.45) is -0.220. The molecule has 0 spiro atoms. The molecule has 0 bridgehead atoms. The molecule has 4 heteroatoms. The van der Waals surface area contributed by atoms with Gasteiger partial charge >= 0.3 is 0 Å². The summed E-state index contributed by atoms with van der Waals surface area (Å²) in [5, 5.41) is 4.91. The number of hydrogen-bond donors (Lipinski definition) is 0. The van der Waals surface area contributed by atoms with Gasteiger partial charge in [-0.2, -0.15) is 0 Å². The summed E-state index contributed by atoms with van der Waals surface area (Å²) in [6.45, 7) is 0. The molecule has 0 aromatic heterocycles. The molecule has 2 unspecified atom stereocenters. The minimum atomic E-state index is -3.08. The second kappa shape index (κ2) is 11.1. The Labute approximate surface area is 274 Å². The second-order valence-corrected chi connectivity index (χ2v) is 14.9. The van der Waals surface area contributed by atoms with E-state index >= 15 is 4.57 Å². The molecule has 2 heterocycles. The fraction of sp³-hybridized carbons (Fsp3) is 0.0465. The molecule has 0 aliphatic carbocycles. The second-order valence-electron chi connectivity index (χ2n) is 12.2. The Hall–Kier alpha value is -5.50. The zero-order valence-corrected chi connectivity index (χ0v) is 26.4. The molecular weight excluding hydrogens is 593 g/mol. The van der Waals surface area contributed by atoms with Crippen LogP contribution in [0.5, 0.6) is 5.75 Å². The Morgan fingerprint density at radius 3 is 1.94 bits per heavy atom. The van der Waals surface area contributed by atoms with Crippen LogP contribution in [-0.4, -0.2) is 11.8 Å². The summed E-state index contributed by atoms with van der Waals surface area (Å²) in [4.78, 5) is 5.26. The molecule has 2 atom stereocenters. The summed E-state index contributed by atoms with van der Waals surface area (Å²) in [5.74, 6) is 0.979. The fourth-order valence-electron chi connectivity index (χ4n) is 7.30. The number of benzene rings is 7. The number of ether oxygens (including phenoxy) is 1. The molecule has 7 aromatic rings. The zero-order valence-electron chi connectivity index (χ0n) is 25.5. The van der Waals surface area contributed by atoms with Crippen molar-refractivity contribution in [3.63, 3.8) is 0 Å². The lowest BCUT2D eigenvalue weighted by Gasteiger charge is -2.29. The maximum absolute atomic E-state index is 15.0. The van der Waals surface area contributed by atoms with Crippen molar-refractivity contribution in [2.24, 2.45) is 4.99 Å². The van der Waals surface area contributed by atoms with Crippen molar-refractivity contribution >= 4 is 45.2 Å². The van der Waals surface area contributed by atoms with Crippen LogP contribution < -0.4 is 20.7 Å². The molecule has 47 heavy (non-hydrogen) atoms. The van der Waals surface area contributed by atoms with Crippen molar-refractivity contribution in [3.05, 3.63) is 187 Å². The number of hydrogen-bond acceptors (Lipinski definition) is 3. The predicted octanol–water partition coefficient (Wildman–Crippen LogP) is 9.17. The van der Waals surface area contributed by atoms with E-state index in [-0.39, 0.29) is 12.0 Å². The summed E-state index contributed by atoms with van der Waals surface area (Å²) >= 11 is 0. The monoisotopic (exact) mass is 623 g/mol. The van der Waals surface area contributed by atoms with Crippen LogP contribution in [-0.2, 0) is 4.57 Å². The highest BCUT2D eigenvalue weighted by Gasteiger charge is 2.43. The molecule has 224 valence electrons. The highest BCUT2D eigenvalue weighted by Crippen LogP contribution is 2.51. The van der Waals surface area contributed by atoms with Gasteiger partial charge in [0.15, 0.2) is 13.2 Å². The lowest BCUT2D eigenvalue weighted by molar-refractivity contribution is 0.285. The Morgan fingerprint density at radius 2 is 1.17 bits per heavy atom. The van der Waals surface area contributed by atoms with Gasteiger partial charge in [-0.05, 0) is 51.2 Å². The molecule has 9 rings (SSSR count). The maximum atomic E-state index is 15.0. The van der Waals surface area contributed by atoms with Crippen LogP contribution in [0.15, 0.2) is 175 Å². The number of aliphatic imine (C=N–C) groups is 1. The molecule has 7 aromatic carbocycles. The predicted molar refractivity (Wildman–Crippen MR) is 194 cm³/mol. The lowest BCUT2D eigenvalue weighted by atomic mass is 9.79. The average molecular weight is 624 g/mol. The van der Waals surface area contributed by atoms with E-state index in [0.717, 1.165) is 49.8 Å². The van der Waals surface area contributed by atoms with Gasteiger partial charge < -0.3 is 9.30 Å². The van der Waals surface area contributed by atoms with E-state index in [4.69, 9.17) is 9.73 Å². The average Bonchev–Trinajstić information content (AvgIpc) is 3.54. The lowest BCUT2D eigenvalue weighted by Crippen LogP contribution is -2.33. The van der Waals surface area contributed by atoms with E-state index in [1.165, 1.54) is 21.9 Å². The Kier molecular flexibility index (Phi) is 6.55. The van der Waals surface area contributed by atoms with Crippen molar-refractivity contribution in [1.82, 2.24) is 0 Å². The largest absolute Gasteiger partial charge is 0.483 e. The zero-order chi connectivity index (χ0) is 31.4. The van der Waals surface area contributed by atoms with Gasteiger partial charge in [0.2, 0.25) is 0 Å². The third kappa shape index (κ3) is 4.50. The Morgan fingerprint density at radius 1 is 0.532 bits per heavy atom. The fourth-order valence-corrected chi connectivity index (χ4v) is 10.00. The molecule has 0 amide bonds. The smallest absolute Gasteiger partial charge is 0.171 e. The van der Waals surface area contributed by atoms with Crippen LogP contribution in [0.25, 0.3) is 21.9 Å². The van der Waals surface area contributed by atoms with Crippen LogP contribution >= 0.6 is 7.14 Å². The molecule has 0 fully saturated rings. The molecule has 0 saturated carbocycles. The third-order valence-electron chi connectivity index (χ3n) is 9.54. The van der Waals surface area contributed by atoms with Crippen molar-refractivity contribution in [3.8, 4) is 16.9 Å². The standard InChI is InChI=1S/C43H30NO2P/c45-47(33-14-3-1-4-15-33,34-16-5-2-6-17-34)35-18-11-13-32(28-35)29-22-24-31(25-23-29)42-43-41(37-20-9-10-21-39(37)46-43)40-36-19-8-7-12-30(36)26-27-38(40)44-42/h1-28,41,43H. The molecule has 0 saturated heterocycles. The molecule has 0 radical (unpaired) electrons. The van der Waals surface area contributed by atoms with Gasteiger partial charge in [-0.3, -0.25) is 0 Å². The number of nitrogens with zero attached hydrogens (tertiary/aromatic N) is 1. The van der Waals surface area contributed by atoms with Gasteiger partial charge in [-0.15, -0.1) is 0 Å².